The molecule has 9 heteroatoms. The van der Waals surface area contributed by atoms with E-state index in [1.54, 1.807) is 18.2 Å². The number of rotatable bonds is 5. The number of nitrogens with one attached hydrogen (secondary N) is 1. The molecule has 2 N–H and O–H groups in total. The van der Waals surface area contributed by atoms with Crippen molar-refractivity contribution >= 4 is 29.2 Å². The van der Waals surface area contributed by atoms with Crippen LogP contribution in [0.2, 0.25) is 0 Å². The molecule has 0 aromatic heterocycles. The van der Waals surface area contributed by atoms with Gasteiger partial charge in [0.1, 0.15) is 6.04 Å². The maximum Gasteiger partial charge on any atom is 0.326 e. The fourth-order valence-electron chi connectivity index (χ4n) is 3.26. The molecule has 0 radical (unpaired) electrons. The number of carbonyl (C=O) groups is 3. The van der Waals surface area contributed by atoms with Crippen molar-refractivity contribution in [3.05, 3.63) is 69.8 Å². The second-order valence-electron chi connectivity index (χ2n) is 6.69. The van der Waals surface area contributed by atoms with Crippen LogP contribution < -0.4 is 5.32 Å². The van der Waals surface area contributed by atoms with Crippen molar-refractivity contribution in [2.24, 2.45) is 0 Å². The minimum atomic E-state index is -1.03. The lowest BCUT2D eigenvalue weighted by Crippen LogP contribution is -2.48. The summed E-state index contributed by atoms with van der Waals surface area (Å²) in [6, 6.07) is 10.5. The van der Waals surface area contributed by atoms with Crippen LogP contribution in [0, 0.1) is 10.1 Å². The van der Waals surface area contributed by atoms with Crippen LogP contribution in [-0.2, 0) is 4.79 Å². The highest BCUT2D eigenvalue weighted by molar-refractivity contribution is 6.05. The first-order chi connectivity index (χ1) is 13.9. The Kier molecular flexibility index (Phi) is 5.87. The van der Waals surface area contributed by atoms with E-state index in [0.29, 0.717) is 18.7 Å². The van der Waals surface area contributed by atoms with Gasteiger partial charge in [-0.05, 0) is 49.6 Å². The molecular formula is C20H19N3O6. The van der Waals surface area contributed by atoms with E-state index in [1.165, 1.54) is 35.2 Å². The monoisotopic (exact) mass is 397 g/mol. The van der Waals surface area contributed by atoms with Gasteiger partial charge in [0.15, 0.2) is 0 Å². The molecule has 1 unspecified atom stereocenters. The Morgan fingerprint density at radius 1 is 1.07 bits per heavy atom. The highest BCUT2D eigenvalue weighted by Gasteiger charge is 2.32. The van der Waals surface area contributed by atoms with Crippen molar-refractivity contribution in [3.63, 3.8) is 0 Å². The molecule has 2 aromatic rings. The molecule has 1 aliphatic heterocycles. The maximum absolute atomic E-state index is 12.8. The van der Waals surface area contributed by atoms with E-state index in [-0.39, 0.29) is 16.8 Å². The molecule has 1 saturated heterocycles. The van der Waals surface area contributed by atoms with E-state index in [4.69, 9.17) is 0 Å². The van der Waals surface area contributed by atoms with Crippen molar-refractivity contribution in [1.29, 1.82) is 0 Å². The number of hydrogen-bond acceptors (Lipinski definition) is 5. The number of carboxylic acids is 1. The normalized spacial score (nSPS) is 16.1. The van der Waals surface area contributed by atoms with Gasteiger partial charge in [0, 0.05) is 35.5 Å². The summed E-state index contributed by atoms with van der Waals surface area (Å²) in [5.74, 6) is -1.91. The number of amides is 2. The van der Waals surface area contributed by atoms with Crippen molar-refractivity contribution in [2.45, 2.75) is 25.3 Å². The zero-order chi connectivity index (χ0) is 21.0. The highest BCUT2D eigenvalue weighted by Crippen LogP contribution is 2.22. The molecule has 29 heavy (non-hydrogen) atoms. The quantitative estimate of drug-likeness (QED) is 0.589. The largest absolute Gasteiger partial charge is 0.480 e. The minimum Gasteiger partial charge on any atom is -0.480 e. The third-order valence-corrected chi connectivity index (χ3v) is 4.76. The van der Waals surface area contributed by atoms with E-state index in [0.717, 1.165) is 12.8 Å². The average Bonchev–Trinajstić information content (AvgIpc) is 2.73. The molecule has 0 aliphatic carbocycles. The number of nitro benzene ring substituents is 1. The molecule has 0 saturated carbocycles. The predicted octanol–water partition coefficient (Wildman–Crippen LogP) is 2.93. The standard InChI is InChI=1S/C20H19N3O6/c24-18(13-7-9-16(10-8-13)23(28)29)21-15-5-3-4-14(12-15)19(25)22-11-2-1-6-17(22)20(26)27/h3-5,7-10,12,17H,1-2,6,11H2,(H,21,24)(H,26,27). The number of aliphatic carboxylic acids is 1. The molecule has 2 amide bonds. The number of benzene rings is 2. The highest BCUT2D eigenvalue weighted by atomic mass is 16.6. The predicted molar refractivity (Wildman–Crippen MR) is 104 cm³/mol. The van der Waals surface area contributed by atoms with Crippen molar-refractivity contribution in [1.82, 2.24) is 4.90 Å². The minimum absolute atomic E-state index is 0.122. The van der Waals surface area contributed by atoms with E-state index < -0.39 is 28.7 Å². The summed E-state index contributed by atoms with van der Waals surface area (Å²) < 4.78 is 0. The van der Waals surface area contributed by atoms with Crippen molar-refractivity contribution < 1.29 is 24.4 Å². The molecule has 0 spiro atoms. The van der Waals surface area contributed by atoms with Gasteiger partial charge in [-0.1, -0.05) is 6.07 Å². The maximum atomic E-state index is 12.8. The lowest BCUT2D eigenvalue weighted by Gasteiger charge is -2.33. The van der Waals surface area contributed by atoms with Gasteiger partial charge >= 0.3 is 5.97 Å². The van der Waals surface area contributed by atoms with E-state index in [9.17, 15) is 29.6 Å². The van der Waals surface area contributed by atoms with Crippen molar-refractivity contribution in [2.75, 3.05) is 11.9 Å². The van der Waals surface area contributed by atoms with Crippen LogP contribution >= 0.6 is 0 Å². The van der Waals surface area contributed by atoms with Crippen LogP contribution in [0.1, 0.15) is 40.0 Å². The fraction of sp³-hybridized carbons (Fsp3) is 0.250. The molecule has 0 bridgehead atoms. The molecular weight excluding hydrogens is 378 g/mol. The van der Waals surface area contributed by atoms with Gasteiger partial charge in [0.05, 0.1) is 4.92 Å². The molecule has 2 aromatic carbocycles. The van der Waals surface area contributed by atoms with E-state index >= 15 is 0 Å². The summed E-state index contributed by atoms with van der Waals surface area (Å²) in [6.07, 6.45) is 1.91. The van der Waals surface area contributed by atoms with Gasteiger partial charge < -0.3 is 15.3 Å². The zero-order valence-corrected chi connectivity index (χ0v) is 15.4. The van der Waals surface area contributed by atoms with Gasteiger partial charge in [0.2, 0.25) is 0 Å². The number of nitro groups is 1. The third-order valence-electron chi connectivity index (χ3n) is 4.76. The lowest BCUT2D eigenvalue weighted by molar-refractivity contribution is -0.384. The summed E-state index contributed by atoms with van der Waals surface area (Å²) in [5, 5.41) is 22.7. The number of piperidine rings is 1. The second kappa shape index (κ2) is 8.51. The molecule has 3 rings (SSSR count). The number of hydrogen-bond donors (Lipinski definition) is 2. The Hall–Kier alpha value is -3.75. The summed E-state index contributed by atoms with van der Waals surface area (Å²) >= 11 is 0. The first kappa shape index (κ1) is 20.0. The van der Waals surface area contributed by atoms with Crippen LogP contribution in [0.25, 0.3) is 0 Å². The number of carbonyl (C=O) groups excluding carboxylic acids is 2. The first-order valence-electron chi connectivity index (χ1n) is 9.06. The number of likely N-dealkylation sites (tertiary alicyclic amines) is 1. The summed E-state index contributed by atoms with van der Waals surface area (Å²) in [7, 11) is 0. The smallest absolute Gasteiger partial charge is 0.326 e. The Bertz CT molecular complexity index is 957. The van der Waals surface area contributed by atoms with E-state index in [1.807, 2.05) is 0 Å². The number of non-ortho nitro benzene ring substituents is 1. The third kappa shape index (κ3) is 4.57. The van der Waals surface area contributed by atoms with Crippen molar-refractivity contribution in [3.8, 4) is 0 Å². The molecule has 1 aliphatic rings. The zero-order valence-electron chi connectivity index (χ0n) is 15.4. The van der Waals surface area contributed by atoms with Crippen LogP contribution in [0.5, 0.6) is 0 Å². The van der Waals surface area contributed by atoms with Gasteiger partial charge in [-0.25, -0.2) is 4.79 Å². The molecule has 9 nitrogen and oxygen atoms in total. The van der Waals surface area contributed by atoms with Gasteiger partial charge in [-0.2, -0.15) is 0 Å². The average molecular weight is 397 g/mol. The Balaban J connectivity index is 1.75. The molecule has 1 atom stereocenters. The second-order valence-corrected chi connectivity index (χ2v) is 6.69. The van der Waals surface area contributed by atoms with Gasteiger partial charge in [0.25, 0.3) is 17.5 Å². The summed E-state index contributed by atoms with van der Waals surface area (Å²) in [4.78, 5) is 48.1. The molecule has 1 heterocycles. The van der Waals surface area contributed by atoms with Crippen LogP contribution in [0.4, 0.5) is 11.4 Å². The topological polar surface area (TPSA) is 130 Å². The number of nitrogens with zero attached hydrogens (tertiary/aromatic N) is 2. The van der Waals surface area contributed by atoms with E-state index in [2.05, 4.69) is 5.32 Å². The SMILES string of the molecule is O=C(Nc1cccc(C(=O)N2CCCCC2C(=O)O)c1)c1ccc([N+](=O)[O-])cc1. The van der Waals surface area contributed by atoms with Gasteiger partial charge in [-0.15, -0.1) is 0 Å². The lowest BCUT2D eigenvalue weighted by atomic mass is 10.0. The number of carboxylic acid groups (broad SMARTS) is 1. The first-order valence-corrected chi connectivity index (χ1v) is 9.06. The van der Waals surface area contributed by atoms with Crippen LogP contribution in [-0.4, -0.2) is 45.3 Å². The van der Waals surface area contributed by atoms with Crippen LogP contribution in [0.15, 0.2) is 48.5 Å². The number of anilines is 1. The summed E-state index contributed by atoms with van der Waals surface area (Å²) in [6.45, 7) is 0.370. The summed E-state index contributed by atoms with van der Waals surface area (Å²) in [5.41, 5.74) is 0.751. The van der Waals surface area contributed by atoms with Crippen LogP contribution in [0.3, 0.4) is 0 Å². The molecule has 150 valence electrons. The van der Waals surface area contributed by atoms with Gasteiger partial charge in [-0.3, -0.25) is 19.7 Å². The molecule has 1 fully saturated rings. The fourth-order valence-corrected chi connectivity index (χ4v) is 3.26. The Morgan fingerprint density at radius 3 is 2.45 bits per heavy atom. The Labute approximate surface area is 166 Å². The Morgan fingerprint density at radius 2 is 1.79 bits per heavy atom.